The molecule has 0 fully saturated rings. The van der Waals surface area contributed by atoms with Gasteiger partial charge in [-0.1, -0.05) is 17.7 Å². The monoisotopic (exact) mass is 408 g/mol. The maximum absolute atomic E-state index is 12.7. The van der Waals surface area contributed by atoms with Crippen molar-refractivity contribution in [3.05, 3.63) is 71.5 Å². The molecule has 1 amide bonds. The molecule has 0 atom stereocenters. The maximum Gasteiger partial charge on any atom is 0.258 e. The van der Waals surface area contributed by atoms with E-state index in [9.17, 15) is 4.79 Å². The molecular formula is C22H28N6O2. The fourth-order valence-electron chi connectivity index (χ4n) is 2.46. The van der Waals surface area contributed by atoms with E-state index in [1.54, 1.807) is 13.2 Å². The smallest absolute Gasteiger partial charge is 0.258 e. The second-order valence-electron chi connectivity index (χ2n) is 6.55. The number of ether oxygens (including phenoxy) is 1. The highest BCUT2D eigenvalue weighted by Gasteiger charge is 2.10. The van der Waals surface area contributed by atoms with Crippen LogP contribution in [0.15, 0.2) is 65.3 Å². The van der Waals surface area contributed by atoms with Gasteiger partial charge in [0.1, 0.15) is 0 Å². The van der Waals surface area contributed by atoms with Gasteiger partial charge in [0.2, 0.25) is 5.95 Å². The molecule has 158 valence electrons. The minimum Gasteiger partial charge on any atom is -0.385 e. The van der Waals surface area contributed by atoms with Gasteiger partial charge in [0.05, 0.1) is 11.3 Å². The number of carbonyl (C=O) groups excluding carboxylic acids is 1. The minimum absolute atomic E-state index is 0.324. The Bertz CT molecular complexity index is 889. The number of aromatic nitrogens is 2. The third-order valence-electron chi connectivity index (χ3n) is 4.10. The van der Waals surface area contributed by atoms with Crippen LogP contribution in [-0.4, -0.2) is 42.9 Å². The van der Waals surface area contributed by atoms with Crippen LogP contribution in [0.3, 0.4) is 0 Å². The highest BCUT2D eigenvalue weighted by atomic mass is 16.5. The van der Waals surface area contributed by atoms with Gasteiger partial charge in [-0.2, -0.15) is 0 Å². The van der Waals surface area contributed by atoms with Crippen molar-refractivity contribution in [1.82, 2.24) is 15.3 Å². The fourth-order valence-corrected chi connectivity index (χ4v) is 2.46. The second kappa shape index (κ2) is 12.1. The zero-order chi connectivity index (χ0) is 21.8. The predicted octanol–water partition coefficient (Wildman–Crippen LogP) is 3.52. The van der Waals surface area contributed by atoms with E-state index >= 15 is 0 Å². The van der Waals surface area contributed by atoms with Crippen LogP contribution >= 0.6 is 0 Å². The van der Waals surface area contributed by atoms with Gasteiger partial charge in [0, 0.05) is 50.2 Å². The number of benzene rings is 1. The molecule has 2 aromatic rings. The van der Waals surface area contributed by atoms with Crippen LogP contribution in [0.4, 0.5) is 11.6 Å². The number of aryl methyl sites for hydroxylation is 1. The largest absolute Gasteiger partial charge is 0.385 e. The van der Waals surface area contributed by atoms with Gasteiger partial charge in [0.15, 0.2) is 0 Å². The molecule has 0 radical (unpaired) electrons. The van der Waals surface area contributed by atoms with Crippen molar-refractivity contribution in [2.75, 3.05) is 30.9 Å². The van der Waals surface area contributed by atoms with Gasteiger partial charge in [-0.15, -0.1) is 0 Å². The first kappa shape index (κ1) is 22.8. The predicted molar refractivity (Wildman–Crippen MR) is 121 cm³/mol. The summed E-state index contributed by atoms with van der Waals surface area (Å²) >= 11 is 0. The summed E-state index contributed by atoms with van der Waals surface area (Å²) in [6.45, 7) is 8.68. The Hall–Kier alpha value is -3.52. The number of rotatable bonds is 11. The van der Waals surface area contributed by atoms with E-state index in [-0.39, 0.29) is 5.91 Å². The Labute approximate surface area is 177 Å². The van der Waals surface area contributed by atoms with Crippen LogP contribution in [0.5, 0.6) is 0 Å². The number of methoxy groups -OCH3 is 1. The molecule has 0 unspecified atom stereocenters. The van der Waals surface area contributed by atoms with E-state index in [0.29, 0.717) is 30.4 Å². The van der Waals surface area contributed by atoms with Gasteiger partial charge in [-0.25, -0.2) is 9.97 Å². The number of nitrogens with zero attached hydrogens (tertiary/aromatic N) is 3. The number of amides is 1. The molecule has 1 heterocycles. The summed E-state index contributed by atoms with van der Waals surface area (Å²) in [6.07, 6.45) is 6.99. The van der Waals surface area contributed by atoms with E-state index < -0.39 is 0 Å². The molecule has 0 bridgehead atoms. The minimum atomic E-state index is -0.324. The van der Waals surface area contributed by atoms with Gasteiger partial charge in [-0.05, 0) is 45.2 Å². The summed E-state index contributed by atoms with van der Waals surface area (Å²) in [5, 5.41) is 9.22. The van der Waals surface area contributed by atoms with E-state index in [4.69, 9.17) is 4.74 Å². The normalized spacial score (nSPS) is 11.7. The van der Waals surface area contributed by atoms with Crippen LogP contribution in [-0.2, 0) is 4.74 Å². The zero-order valence-corrected chi connectivity index (χ0v) is 17.6. The SMILES string of the molecule is C=N/C=C\C(NC(=O)c1cnc(NCCCOC)nc1)=C(/C)Nc1ccc(C)cc1. The first-order chi connectivity index (χ1) is 14.5. The van der Waals surface area contributed by atoms with E-state index in [0.717, 1.165) is 17.8 Å². The molecule has 2 rings (SSSR count). The van der Waals surface area contributed by atoms with Crippen molar-refractivity contribution in [3.8, 4) is 0 Å². The van der Waals surface area contributed by atoms with Crippen LogP contribution < -0.4 is 16.0 Å². The van der Waals surface area contributed by atoms with Crippen LogP contribution in [0.25, 0.3) is 0 Å². The van der Waals surface area contributed by atoms with Crippen LogP contribution in [0.1, 0.15) is 29.3 Å². The summed E-state index contributed by atoms with van der Waals surface area (Å²) in [5.74, 6) is 0.140. The molecule has 1 aromatic carbocycles. The molecule has 8 heteroatoms. The number of nitrogens with one attached hydrogen (secondary N) is 3. The molecule has 30 heavy (non-hydrogen) atoms. The Balaban J connectivity index is 2.07. The van der Waals surface area contributed by atoms with Crippen molar-refractivity contribution < 1.29 is 9.53 Å². The van der Waals surface area contributed by atoms with Gasteiger partial charge in [-0.3, -0.25) is 9.79 Å². The Kier molecular flexibility index (Phi) is 9.20. The number of hydrogen-bond donors (Lipinski definition) is 3. The molecule has 0 aliphatic carbocycles. The molecule has 1 aromatic heterocycles. The lowest BCUT2D eigenvalue weighted by molar-refractivity contribution is 0.0966. The lowest BCUT2D eigenvalue weighted by atomic mass is 10.2. The Morgan fingerprint density at radius 1 is 1.23 bits per heavy atom. The number of aliphatic imine (C=N–C) groups is 1. The van der Waals surface area contributed by atoms with Crippen molar-refractivity contribution in [3.63, 3.8) is 0 Å². The molecule has 0 saturated carbocycles. The average molecular weight is 409 g/mol. The zero-order valence-electron chi connectivity index (χ0n) is 17.6. The third kappa shape index (κ3) is 7.48. The molecule has 0 saturated heterocycles. The first-order valence-electron chi connectivity index (χ1n) is 9.56. The second-order valence-corrected chi connectivity index (χ2v) is 6.55. The van der Waals surface area contributed by atoms with Gasteiger partial charge in [0.25, 0.3) is 5.91 Å². The average Bonchev–Trinajstić information content (AvgIpc) is 2.76. The van der Waals surface area contributed by atoms with Crippen LogP contribution in [0, 0.1) is 6.92 Å². The molecule has 0 aliphatic rings. The number of hydrogen-bond acceptors (Lipinski definition) is 7. The van der Waals surface area contributed by atoms with Crippen molar-refractivity contribution in [2.45, 2.75) is 20.3 Å². The topological polar surface area (TPSA) is 101 Å². The molecule has 0 spiro atoms. The number of anilines is 2. The van der Waals surface area contributed by atoms with E-state index in [1.807, 2.05) is 38.1 Å². The van der Waals surface area contributed by atoms with Gasteiger partial charge < -0.3 is 20.7 Å². The highest BCUT2D eigenvalue weighted by Crippen LogP contribution is 2.14. The maximum atomic E-state index is 12.7. The lowest BCUT2D eigenvalue weighted by Crippen LogP contribution is -2.24. The molecule has 8 nitrogen and oxygen atoms in total. The van der Waals surface area contributed by atoms with Crippen molar-refractivity contribution in [1.29, 1.82) is 0 Å². The summed E-state index contributed by atoms with van der Waals surface area (Å²) in [7, 11) is 1.66. The Morgan fingerprint density at radius 2 is 1.93 bits per heavy atom. The van der Waals surface area contributed by atoms with E-state index in [1.165, 1.54) is 24.2 Å². The standard InChI is InChI=1S/C22H28N6O2/c1-16-6-8-19(9-7-16)27-17(2)20(10-12-23-3)28-21(29)18-14-25-22(26-15-18)24-11-5-13-30-4/h6-10,12,14-15,27H,3,5,11,13H2,1-2,4H3,(H,28,29)(H,24,25,26)/b12-10-,20-17-. The lowest BCUT2D eigenvalue weighted by Gasteiger charge is -2.13. The quantitative estimate of drug-likeness (QED) is 0.299. The van der Waals surface area contributed by atoms with Gasteiger partial charge >= 0.3 is 0 Å². The number of carbonyl (C=O) groups is 1. The third-order valence-corrected chi connectivity index (χ3v) is 4.10. The molecule has 3 N–H and O–H groups in total. The molecular weight excluding hydrogens is 380 g/mol. The fraction of sp³-hybridized carbons (Fsp3) is 0.273. The van der Waals surface area contributed by atoms with Crippen molar-refractivity contribution >= 4 is 24.3 Å². The summed E-state index contributed by atoms with van der Waals surface area (Å²) in [6, 6.07) is 7.97. The number of allylic oxidation sites excluding steroid dienone is 2. The summed E-state index contributed by atoms with van der Waals surface area (Å²) in [4.78, 5) is 24.8. The summed E-state index contributed by atoms with van der Waals surface area (Å²) < 4.78 is 5.00. The first-order valence-corrected chi connectivity index (χ1v) is 9.56. The van der Waals surface area contributed by atoms with E-state index in [2.05, 4.69) is 37.6 Å². The molecule has 0 aliphatic heterocycles. The van der Waals surface area contributed by atoms with Crippen LogP contribution in [0.2, 0.25) is 0 Å². The Morgan fingerprint density at radius 3 is 2.57 bits per heavy atom. The summed E-state index contributed by atoms with van der Waals surface area (Å²) in [5.41, 5.74) is 3.75. The van der Waals surface area contributed by atoms with Crippen molar-refractivity contribution in [2.24, 2.45) is 4.99 Å². The highest BCUT2D eigenvalue weighted by molar-refractivity contribution is 5.95.